The third-order valence-corrected chi connectivity index (χ3v) is 3.63. The lowest BCUT2D eigenvalue weighted by Gasteiger charge is -2.10. The molecule has 0 aliphatic heterocycles. The Kier molecular flexibility index (Phi) is 4.66. The number of benzene rings is 1. The number of pyridine rings is 1. The van der Waals surface area contributed by atoms with Crippen molar-refractivity contribution in [1.82, 2.24) is 4.98 Å². The normalized spacial score (nSPS) is 10.6. The van der Waals surface area contributed by atoms with Crippen LogP contribution in [0.25, 0.3) is 0 Å². The highest BCUT2D eigenvalue weighted by Crippen LogP contribution is 2.34. The third kappa shape index (κ3) is 3.38. The monoisotopic (exact) mass is 363 g/mol. The molecule has 0 aliphatic rings. The molecule has 2 rings (SSSR count). The van der Waals surface area contributed by atoms with Crippen LogP contribution >= 0.6 is 39.1 Å². The molecule has 1 aromatic carbocycles. The number of halogens is 4. The lowest BCUT2D eigenvalue weighted by atomic mass is 10.2. The molecule has 0 saturated carbocycles. The first-order valence-corrected chi connectivity index (χ1v) is 7.05. The zero-order valence-corrected chi connectivity index (χ0v) is 13.0. The van der Waals surface area contributed by atoms with Gasteiger partial charge in [0, 0.05) is 23.7 Å². The smallest absolute Gasteiger partial charge is 0.222 e. The number of aryl methyl sites for hydroxylation is 1. The molecule has 0 atom stereocenters. The Morgan fingerprint density at radius 1 is 1.37 bits per heavy atom. The van der Waals surface area contributed by atoms with Gasteiger partial charge in [0.05, 0.1) is 9.50 Å². The average molecular weight is 365 g/mol. The van der Waals surface area contributed by atoms with E-state index >= 15 is 0 Å². The topological polar surface area (TPSA) is 22.1 Å². The van der Waals surface area contributed by atoms with Crippen molar-refractivity contribution < 1.29 is 9.13 Å². The Balaban J connectivity index is 2.33. The van der Waals surface area contributed by atoms with Gasteiger partial charge in [-0.1, -0.05) is 11.6 Å². The molecular weight excluding hydrogens is 356 g/mol. The molecule has 6 heteroatoms. The summed E-state index contributed by atoms with van der Waals surface area (Å²) < 4.78 is 19.3. The van der Waals surface area contributed by atoms with Crippen LogP contribution in [-0.2, 0) is 5.88 Å². The Bertz CT molecular complexity index is 622. The van der Waals surface area contributed by atoms with Gasteiger partial charge >= 0.3 is 0 Å². The molecule has 0 spiro atoms. The van der Waals surface area contributed by atoms with Crippen LogP contribution in [0.3, 0.4) is 0 Å². The van der Waals surface area contributed by atoms with Gasteiger partial charge in [-0.15, -0.1) is 11.6 Å². The number of nitrogens with zero attached hydrogens (tertiary/aromatic N) is 1. The number of hydrogen-bond donors (Lipinski definition) is 0. The molecule has 2 aromatic rings. The first kappa shape index (κ1) is 14.6. The molecule has 0 aliphatic carbocycles. The van der Waals surface area contributed by atoms with Crippen molar-refractivity contribution in [3.8, 4) is 11.6 Å². The van der Waals surface area contributed by atoms with Crippen molar-refractivity contribution >= 4 is 39.1 Å². The Morgan fingerprint density at radius 2 is 2.11 bits per heavy atom. The minimum atomic E-state index is -0.450. The van der Waals surface area contributed by atoms with Crippen LogP contribution in [-0.4, -0.2) is 4.98 Å². The standard InChI is InChI=1S/C13H9BrCl2FNO/c1-7-2-8(5-15)6-18-13(7)19-12-4-11(17)9(14)3-10(12)16/h2-4,6H,5H2,1H3. The van der Waals surface area contributed by atoms with E-state index < -0.39 is 5.82 Å². The first-order valence-electron chi connectivity index (χ1n) is 5.35. The van der Waals surface area contributed by atoms with Crippen molar-refractivity contribution in [2.24, 2.45) is 0 Å². The minimum Gasteiger partial charge on any atom is -0.437 e. The highest BCUT2D eigenvalue weighted by molar-refractivity contribution is 9.10. The summed E-state index contributed by atoms with van der Waals surface area (Å²) in [6.07, 6.45) is 1.61. The van der Waals surface area contributed by atoms with E-state index in [4.69, 9.17) is 27.9 Å². The Labute approximate surface area is 128 Å². The average Bonchev–Trinajstić information content (AvgIpc) is 2.38. The summed E-state index contributed by atoms with van der Waals surface area (Å²) >= 11 is 14.8. The zero-order chi connectivity index (χ0) is 14.0. The van der Waals surface area contributed by atoms with Crippen LogP contribution < -0.4 is 4.74 Å². The highest BCUT2D eigenvalue weighted by atomic mass is 79.9. The lowest BCUT2D eigenvalue weighted by molar-refractivity contribution is 0.454. The van der Waals surface area contributed by atoms with Crippen LogP contribution in [0.2, 0.25) is 5.02 Å². The largest absolute Gasteiger partial charge is 0.437 e. The van der Waals surface area contributed by atoms with Crippen molar-refractivity contribution in [3.05, 3.63) is 50.8 Å². The van der Waals surface area contributed by atoms with Gasteiger partial charge in [-0.2, -0.15) is 0 Å². The molecular formula is C13H9BrCl2FNO. The number of hydrogen-bond acceptors (Lipinski definition) is 2. The Morgan fingerprint density at radius 3 is 2.74 bits per heavy atom. The molecule has 0 bridgehead atoms. The second kappa shape index (κ2) is 6.07. The SMILES string of the molecule is Cc1cc(CCl)cnc1Oc1cc(F)c(Br)cc1Cl. The Hall–Kier alpha value is -0.840. The molecule has 0 N–H and O–H groups in total. The van der Waals surface area contributed by atoms with Crippen LogP contribution in [0.5, 0.6) is 11.6 Å². The van der Waals surface area contributed by atoms with Gasteiger partial charge in [0.15, 0.2) is 5.75 Å². The van der Waals surface area contributed by atoms with Crippen LogP contribution in [0.15, 0.2) is 28.9 Å². The fraction of sp³-hybridized carbons (Fsp3) is 0.154. The molecule has 2 nitrogen and oxygen atoms in total. The molecule has 0 unspecified atom stereocenters. The van der Waals surface area contributed by atoms with Gasteiger partial charge in [0.2, 0.25) is 5.88 Å². The van der Waals surface area contributed by atoms with E-state index in [0.29, 0.717) is 16.8 Å². The van der Waals surface area contributed by atoms with Crippen molar-refractivity contribution in [3.63, 3.8) is 0 Å². The van der Waals surface area contributed by atoms with Gasteiger partial charge in [-0.05, 0) is 40.5 Å². The predicted molar refractivity (Wildman–Crippen MR) is 77.7 cm³/mol. The van der Waals surface area contributed by atoms with Gasteiger partial charge in [0.25, 0.3) is 0 Å². The summed E-state index contributed by atoms with van der Waals surface area (Å²) in [4.78, 5) is 4.14. The molecule has 0 fully saturated rings. The maximum Gasteiger partial charge on any atom is 0.222 e. The fourth-order valence-electron chi connectivity index (χ4n) is 1.49. The third-order valence-electron chi connectivity index (χ3n) is 2.42. The number of aromatic nitrogens is 1. The summed E-state index contributed by atoms with van der Waals surface area (Å²) in [7, 11) is 0. The lowest BCUT2D eigenvalue weighted by Crippen LogP contribution is -1.94. The molecule has 1 heterocycles. The molecule has 19 heavy (non-hydrogen) atoms. The molecule has 0 radical (unpaired) electrons. The van der Waals surface area contributed by atoms with E-state index in [1.54, 1.807) is 6.20 Å². The molecule has 100 valence electrons. The maximum atomic E-state index is 13.5. The molecule has 0 saturated heterocycles. The van der Waals surface area contributed by atoms with E-state index in [2.05, 4.69) is 20.9 Å². The van der Waals surface area contributed by atoms with Gasteiger partial charge in [-0.25, -0.2) is 9.37 Å². The zero-order valence-electron chi connectivity index (χ0n) is 9.88. The highest BCUT2D eigenvalue weighted by Gasteiger charge is 2.11. The summed E-state index contributed by atoms with van der Waals surface area (Å²) in [5.41, 5.74) is 1.69. The van der Waals surface area contributed by atoms with Crippen molar-refractivity contribution in [2.45, 2.75) is 12.8 Å². The van der Waals surface area contributed by atoms with Gasteiger partial charge in [-0.3, -0.25) is 0 Å². The first-order chi connectivity index (χ1) is 9.01. The second-order valence-electron chi connectivity index (χ2n) is 3.90. The van der Waals surface area contributed by atoms with Crippen LogP contribution in [0.4, 0.5) is 4.39 Å². The second-order valence-corrected chi connectivity index (χ2v) is 5.43. The number of ether oxygens (including phenoxy) is 1. The molecule has 1 aromatic heterocycles. The van der Waals surface area contributed by atoms with E-state index in [-0.39, 0.29) is 10.2 Å². The summed E-state index contributed by atoms with van der Waals surface area (Å²) in [5, 5.41) is 0.302. The maximum absolute atomic E-state index is 13.5. The van der Waals surface area contributed by atoms with E-state index in [1.165, 1.54) is 12.1 Å². The van der Waals surface area contributed by atoms with Crippen molar-refractivity contribution in [1.29, 1.82) is 0 Å². The predicted octanol–water partition coefficient (Wildman–Crippen LogP) is 5.48. The van der Waals surface area contributed by atoms with Crippen LogP contribution in [0.1, 0.15) is 11.1 Å². The van der Waals surface area contributed by atoms with E-state index in [9.17, 15) is 4.39 Å². The fourth-order valence-corrected chi connectivity index (χ4v) is 2.31. The van der Waals surface area contributed by atoms with Gasteiger partial charge in [0.1, 0.15) is 5.82 Å². The number of alkyl halides is 1. The van der Waals surface area contributed by atoms with E-state index in [0.717, 1.165) is 11.1 Å². The minimum absolute atomic E-state index is 0.219. The summed E-state index contributed by atoms with van der Waals surface area (Å²) in [5.74, 6) is 0.519. The molecule has 0 amide bonds. The quantitative estimate of drug-likeness (QED) is 0.531. The summed E-state index contributed by atoms with van der Waals surface area (Å²) in [6.45, 7) is 1.83. The van der Waals surface area contributed by atoms with Crippen molar-refractivity contribution in [2.75, 3.05) is 0 Å². The van der Waals surface area contributed by atoms with E-state index in [1.807, 2.05) is 13.0 Å². The summed E-state index contributed by atoms with van der Waals surface area (Å²) in [6, 6.07) is 4.51. The number of rotatable bonds is 3. The van der Waals surface area contributed by atoms with Crippen LogP contribution in [0, 0.1) is 12.7 Å². The van der Waals surface area contributed by atoms with Gasteiger partial charge < -0.3 is 4.74 Å².